The van der Waals surface area contributed by atoms with Crippen LogP contribution in [0.2, 0.25) is 0 Å². The molecule has 3 aromatic heterocycles. The van der Waals surface area contributed by atoms with Crippen molar-refractivity contribution in [3.8, 4) is 11.4 Å². The Labute approximate surface area is 189 Å². The van der Waals surface area contributed by atoms with E-state index in [-0.39, 0.29) is 29.8 Å². The van der Waals surface area contributed by atoms with Gasteiger partial charge < -0.3 is 19.9 Å². The Morgan fingerprint density at radius 2 is 2.15 bits per heavy atom. The van der Waals surface area contributed by atoms with E-state index in [1.165, 1.54) is 6.07 Å². The van der Waals surface area contributed by atoms with Crippen LogP contribution in [0.5, 0.6) is 0 Å². The molecule has 8 nitrogen and oxygen atoms in total. The number of aromatic nitrogens is 4. The zero-order valence-corrected chi connectivity index (χ0v) is 18.6. The van der Waals surface area contributed by atoms with Gasteiger partial charge in [0.2, 0.25) is 0 Å². The maximum Gasteiger partial charge on any atom is 0.410 e. The van der Waals surface area contributed by atoms with Crippen molar-refractivity contribution in [2.24, 2.45) is 0 Å². The van der Waals surface area contributed by atoms with Gasteiger partial charge in [-0.2, -0.15) is 0 Å². The summed E-state index contributed by atoms with van der Waals surface area (Å²) in [6.45, 7) is 4.61. The smallest absolute Gasteiger partial charge is 0.410 e. The molecule has 1 amide bonds. The monoisotopic (exact) mass is 456 g/mol. The zero-order chi connectivity index (χ0) is 23.2. The number of nitrogens with zero attached hydrogens (tertiary/aromatic N) is 4. The summed E-state index contributed by atoms with van der Waals surface area (Å²) in [6, 6.07) is 1.23. The van der Waals surface area contributed by atoms with E-state index in [2.05, 4.69) is 32.2 Å². The van der Waals surface area contributed by atoms with Crippen molar-refractivity contribution >= 4 is 22.9 Å². The Morgan fingerprint density at radius 3 is 2.94 bits per heavy atom. The molecule has 0 aromatic carbocycles. The molecule has 10 heteroatoms. The van der Waals surface area contributed by atoms with Crippen molar-refractivity contribution < 1.29 is 18.3 Å². The van der Waals surface area contributed by atoms with Gasteiger partial charge in [0.25, 0.3) is 0 Å². The van der Waals surface area contributed by atoms with E-state index in [0.717, 1.165) is 38.1 Å². The highest BCUT2D eigenvalue weighted by Crippen LogP contribution is 2.43. The van der Waals surface area contributed by atoms with Crippen LogP contribution >= 0.6 is 0 Å². The molecule has 4 heterocycles. The Balaban J connectivity index is 1.42. The van der Waals surface area contributed by atoms with Crippen molar-refractivity contribution in [2.75, 3.05) is 11.9 Å². The Kier molecular flexibility index (Phi) is 5.38. The number of rotatable bonds is 5. The predicted octanol–water partition coefficient (Wildman–Crippen LogP) is 4.64. The number of hydrogen-bond acceptors (Lipinski definition) is 6. The SMILES string of the molecule is CC[C@@H]1N(CC)C(=O)O[C@]12CCC[C@H](Nc1nc(-c3c[nH]c4ncc(F)cc34)ncc1F)C2. The molecule has 2 aliphatic rings. The molecule has 0 unspecified atom stereocenters. The molecule has 0 radical (unpaired) electrons. The quantitative estimate of drug-likeness (QED) is 0.581. The van der Waals surface area contributed by atoms with E-state index in [4.69, 9.17) is 4.74 Å². The molecule has 1 saturated heterocycles. The van der Waals surface area contributed by atoms with Gasteiger partial charge in [0.15, 0.2) is 17.5 Å². The minimum absolute atomic E-state index is 0.000904. The second-order valence-corrected chi connectivity index (χ2v) is 8.72. The number of amides is 1. The van der Waals surface area contributed by atoms with E-state index < -0.39 is 17.2 Å². The van der Waals surface area contributed by atoms with Gasteiger partial charge in [-0.25, -0.2) is 28.5 Å². The zero-order valence-electron chi connectivity index (χ0n) is 18.6. The summed E-state index contributed by atoms with van der Waals surface area (Å²) in [7, 11) is 0. The van der Waals surface area contributed by atoms with E-state index >= 15 is 0 Å². The fourth-order valence-corrected chi connectivity index (χ4v) is 5.40. The molecule has 174 valence electrons. The largest absolute Gasteiger partial charge is 0.441 e. The summed E-state index contributed by atoms with van der Waals surface area (Å²) in [5, 5.41) is 3.74. The molecule has 3 atom stereocenters. The number of fused-ring (bicyclic) bond motifs is 1. The number of carbonyl (C=O) groups is 1. The Bertz CT molecular complexity index is 1200. The molecule has 5 rings (SSSR count). The number of carbonyl (C=O) groups excluding carboxylic acids is 1. The van der Waals surface area contributed by atoms with E-state index in [1.54, 1.807) is 11.1 Å². The second kappa shape index (κ2) is 8.24. The average Bonchev–Trinajstić information content (AvgIpc) is 3.32. The third-order valence-electron chi connectivity index (χ3n) is 6.80. The second-order valence-electron chi connectivity index (χ2n) is 8.72. The molecule has 2 N–H and O–H groups in total. The van der Waals surface area contributed by atoms with Gasteiger partial charge in [0.1, 0.15) is 17.1 Å². The predicted molar refractivity (Wildman–Crippen MR) is 119 cm³/mol. The molecule has 1 saturated carbocycles. The fraction of sp³-hybridized carbons (Fsp3) is 0.478. The van der Waals surface area contributed by atoms with Gasteiger partial charge >= 0.3 is 6.09 Å². The number of aromatic amines is 1. The van der Waals surface area contributed by atoms with Crippen molar-refractivity contribution in [2.45, 2.75) is 63.6 Å². The first kappa shape index (κ1) is 21.5. The summed E-state index contributed by atoms with van der Waals surface area (Å²) < 4.78 is 34.3. The van der Waals surface area contributed by atoms with Crippen LogP contribution in [0, 0.1) is 11.6 Å². The van der Waals surface area contributed by atoms with Crippen molar-refractivity contribution in [1.29, 1.82) is 0 Å². The molecule has 33 heavy (non-hydrogen) atoms. The maximum atomic E-state index is 14.7. The summed E-state index contributed by atoms with van der Waals surface area (Å²) in [6.07, 6.45) is 7.41. The molecule has 1 aliphatic heterocycles. The van der Waals surface area contributed by atoms with E-state index in [0.29, 0.717) is 29.6 Å². The minimum atomic E-state index is -0.579. The number of hydrogen-bond donors (Lipinski definition) is 2. The van der Waals surface area contributed by atoms with Crippen molar-refractivity contribution in [3.63, 3.8) is 0 Å². The first-order chi connectivity index (χ1) is 15.9. The van der Waals surface area contributed by atoms with Crippen LogP contribution in [0.3, 0.4) is 0 Å². The van der Waals surface area contributed by atoms with E-state index in [9.17, 15) is 13.6 Å². The number of pyridine rings is 1. The summed E-state index contributed by atoms with van der Waals surface area (Å²) in [5.74, 6) is -0.716. The minimum Gasteiger partial charge on any atom is -0.441 e. The molecule has 1 spiro atoms. The highest BCUT2D eigenvalue weighted by Gasteiger charge is 2.54. The third kappa shape index (κ3) is 3.67. The van der Waals surface area contributed by atoms with Crippen LogP contribution in [-0.4, -0.2) is 55.2 Å². The summed E-state index contributed by atoms with van der Waals surface area (Å²) >= 11 is 0. The lowest BCUT2D eigenvalue weighted by molar-refractivity contribution is -0.00285. The van der Waals surface area contributed by atoms with Crippen LogP contribution < -0.4 is 5.32 Å². The van der Waals surface area contributed by atoms with E-state index in [1.807, 2.05) is 6.92 Å². The molecule has 3 aromatic rings. The summed E-state index contributed by atoms with van der Waals surface area (Å²) in [5.41, 5.74) is 0.455. The van der Waals surface area contributed by atoms with Gasteiger partial charge in [-0.05, 0) is 38.7 Å². The van der Waals surface area contributed by atoms with Gasteiger partial charge in [0, 0.05) is 36.2 Å². The molecule has 0 bridgehead atoms. The maximum absolute atomic E-state index is 14.7. The molecule has 2 fully saturated rings. The molecular weight excluding hydrogens is 430 g/mol. The fourth-order valence-electron chi connectivity index (χ4n) is 5.40. The standard InChI is InChI=1S/C23H26F2N6O2/c1-3-18-23(33-22(32)31(18)4-2)7-5-6-14(9-23)29-21-17(25)12-28-20(30-21)16-11-27-19-15(16)8-13(24)10-26-19/h8,10-12,14,18H,3-7,9H2,1-2H3,(H,26,27)(H,28,29,30)/t14-,18-,23-/m0/s1. The lowest BCUT2D eigenvalue weighted by atomic mass is 9.76. The highest BCUT2D eigenvalue weighted by molar-refractivity contribution is 5.91. The van der Waals surface area contributed by atoms with Crippen LogP contribution in [0.4, 0.5) is 19.4 Å². The van der Waals surface area contributed by atoms with Crippen LogP contribution in [0.15, 0.2) is 24.7 Å². The van der Waals surface area contributed by atoms with Crippen molar-refractivity contribution in [3.05, 3.63) is 36.3 Å². The number of anilines is 1. The Hall–Kier alpha value is -3.30. The van der Waals surface area contributed by atoms with Gasteiger partial charge in [-0.15, -0.1) is 0 Å². The number of likely N-dealkylation sites (N-methyl/N-ethyl adjacent to an activating group) is 1. The average molecular weight is 456 g/mol. The van der Waals surface area contributed by atoms with Crippen LogP contribution in [0.25, 0.3) is 22.4 Å². The van der Waals surface area contributed by atoms with Gasteiger partial charge in [0.05, 0.1) is 18.4 Å². The third-order valence-corrected chi connectivity index (χ3v) is 6.80. The number of ether oxygens (including phenoxy) is 1. The summed E-state index contributed by atoms with van der Waals surface area (Å²) in [4.78, 5) is 29.7. The molecule has 1 aliphatic carbocycles. The first-order valence-corrected chi connectivity index (χ1v) is 11.4. The van der Waals surface area contributed by atoms with Crippen LogP contribution in [-0.2, 0) is 4.74 Å². The first-order valence-electron chi connectivity index (χ1n) is 11.4. The van der Waals surface area contributed by atoms with Crippen LogP contribution in [0.1, 0.15) is 46.0 Å². The lowest BCUT2D eigenvalue weighted by Gasteiger charge is -2.41. The van der Waals surface area contributed by atoms with Gasteiger partial charge in [-0.1, -0.05) is 6.92 Å². The molecular formula is C23H26F2N6O2. The lowest BCUT2D eigenvalue weighted by Crippen LogP contribution is -2.50. The topological polar surface area (TPSA) is 96.0 Å². The Morgan fingerprint density at radius 1 is 1.30 bits per heavy atom. The van der Waals surface area contributed by atoms with Crippen molar-refractivity contribution in [1.82, 2.24) is 24.8 Å². The number of halogens is 2. The van der Waals surface area contributed by atoms with Gasteiger partial charge in [-0.3, -0.25) is 0 Å². The normalized spacial score (nSPS) is 25.1. The number of H-pyrrole nitrogens is 1. The highest BCUT2D eigenvalue weighted by atomic mass is 19.1. The number of nitrogens with one attached hydrogen (secondary N) is 2.